The predicted octanol–water partition coefficient (Wildman–Crippen LogP) is 1.51. The van der Waals surface area contributed by atoms with Gasteiger partial charge in [0, 0.05) is 56.9 Å². The lowest BCUT2D eigenvalue weighted by Gasteiger charge is -2.24. The first-order valence-electron chi connectivity index (χ1n) is 9.50. The fraction of sp³-hybridized carbons (Fsp3) is 0.579. The van der Waals surface area contributed by atoms with Crippen LogP contribution in [-0.4, -0.2) is 51.6 Å². The van der Waals surface area contributed by atoms with E-state index in [-0.39, 0.29) is 17.8 Å². The Balaban J connectivity index is 1.75. The van der Waals surface area contributed by atoms with Crippen LogP contribution in [0.5, 0.6) is 0 Å². The quantitative estimate of drug-likeness (QED) is 0.800. The van der Waals surface area contributed by atoms with Gasteiger partial charge in [-0.2, -0.15) is 0 Å². The van der Waals surface area contributed by atoms with Gasteiger partial charge in [0.15, 0.2) is 0 Å². The van der Waals surface area contributed by atoms with E-state index in [0.717, 1.165) is 48.8 Å². The molecule has 0 spiro atoms. The molecule has 1 unspecified atom stereocenters. The Labute approximate surface area is 160 Å². The minimum atomic E-state index is -0.256. The van der Waals surface area contributed by atoms with E-state index < -0.39 is 0 Å². The van der Waals surface area contributed by atoms with Crippen molar-refractivity contribution in [2.45, 2.75) is 45.7 Å². The monoisotopic (exact) mass is 371 g/mol. The van der Waals surface area contributed by atoms with Crippen LogP contribution in [0, 0.1) is 13.8 Å². The standard InChI is InChI=1S/C19H29N7O/c1-6-15(18-21-8-10-25(18)5)23-14-7-9-26(11-14)17-12(2)13(3)22-16(24-17)19(27)20-4/h8,10,14-15,23H,6-7,9,11H2,1-5H3,(H,20,27)/t14-,15?/m1/s1. The minimum absolute atomic E-state index is 0.226. The summed E-state index contributed by atoms with van der Waals surface area (Å²) in [7, 11) is 3.62. The van der Waals surface area contributed by atoms with Crippen molar-refractivity contribution >= 4 is 11.7 Å². The van der Waals surface area contributed by atoms with Crippen molar-refractivity contribution in [3.8, 4) is 0 Å². The van der Waals surface area contributed by atoms with Crippen LogP contribution in [0.4, 0.5) is 5.82 Å². The molecule has 2 atom stereocenters. The van der Waals surface area contributed by atoms with Crippen molar-refractivity contribution in [3.05, 3.63) is 35.3 Å². The summed E-state index contributed by atoms with van der Waals surface area (Å²) >= 11 is 0. The number of amides is 1. The molecule has 27 heavy (non-hydrogen) atoms. The lowest BCUT2D eigenvalue weighted by molar-refractivity contribution is 0.0952. The summed E-state index contributed by atoms with van der Waals surface area (Å²) in [5.41, 5.74) is 1.87. The van der Waals surface area contributed by atoms with Gasteiger partial charge in [0.2, 0.25) is 5.82 Å². The first kappa shape index (κ1) is 19.3. The highest BCUT2D eigenvalue weighted by Crippen LogP contribution is 2.25. The zero-order chi connectivity index (χ0) is 19.6. The van der Waals surface area contributed by atoms with Gasteiger partial charge in [-0.3, -0.25) is 4.79 Å². The first-order chi connectivity index (χ1) is 12.9. The summed E-state index contributed by atoms with van der Waals surface area (Å²) < 4.78 is 2.07. The second-order valence-corrected chi connectivity index (χ2v) is 7.12. The normalized spacial score (nSPS) is 18.0. The molecule has 2 N–H and O–H groups in total. The Bertz CT molecular complexity index is 816. The molecule has 1 amide bonds. The molecule has 1 fully saturated rings. The molecular formula is C19H29N7O. The van der Waals surface area contributed by atoms with Gasteiger partial charge < -0.3 is 20.1 Å². The summed E-state index contributed by atoms with van der Waals surface area (Å²) in [6, 6.07) is 0.578. The number of carbonyl (C=O) groups excluding carboxylic acids is 1. The lowest BCUT2D eigenvalue weighted by Crippen LogP contribution is -2.36. The first-order valence-corrected chi connectivity index (χ1v) is 9.50. The third-order valence-corrected chi connectivity index (χ3v) is 5.30. The van der Waals surface area contributed by atoms with E-state index in [0.29, 0.717) is 6.04 Å². The fourth-order valence-corrected chi connectivity index (χ4v) is 3.60. The smallest absolute Gasteiger partial charge is 0.288 e. The summed E-state index contributed by atoms with van der Waals surface area (Å²) in [4.78, 5) is 27.6. The van der Waals surface area contributed by atoms with Gasteiger partial charge in [-0.05, 0) is 26.7 Å². The van der Waals surface area contributed by atoms with Crippen molar-refractivity contribution in [1.29, 1.82) is 0 Å². The number of aryl methyl sites for hydroxylation is 2. The minimum Gasteiger partial charge on any atom is -0.355 e. The van der Waals surface area contributed by atoms with E-state index in [9.17, 15) is 4.79 Å². The van der Waals surface area contributed by atoms with E-state index in [2.05, 4.69) is 42.0 Å². The van der Waals surface area contributed by atoms with Crippen LogP contribution < -0.4 is 15.5 Å². The SMILES string of the molecule is CCC(N[C@@H]1CCN(c2nc(C(=O)NC)nc(C)c2C)C1)c1nccn1C. The number of hydrogen-bond donors (Lipinski definition) is 2. The topological polar surface area (TPSA) is 88.0 Å². The zero-order valence-electron chi connectivity index (χ0n) is 16.8. The molecule has 1 saturated heterocycles. The molecule has 146 valence electrons. The van der Waals surface area contributed by atoms with E-state index in [1.807, 2.05) is 33.3 Å². The van der Waals surface area contributed by atoms with Crippen LogP contribution in [0.2, 0.25) is 0 Å². The maximum absolute atomic E-state index is 12.0. The van der Waals surface area contributed by atoms with Gasteiger partial charge in [-0.1, -0.05) is 6.92 Å². The maximum Gasteiger partial charge on any atom is 0.288 e. The summed E-state index contributed by atoms with van der Waals surface area (Å²) in [6.07, 6.45) is 5.83. The summed E-state index contributed by atoms with van der Waals surface area (Å²) in [5.74, 6) is 1.89. The van der Waals surface area contributed by atoms with E-state index in [4.69, 9.17) is 0 Å². The van der Waals surface area contributed by atoms with Crippen LogP contribution in [0.1, 0.15) is 53.5 Å². The predicted molar refractivity (Wildman–Crippen MR) is 105 cm³/mol. The maximum atomic E-state index is 12.0. The van der Waals surface area contributed by atoms with Crippen LogP contribution in [-0.2, 0) is 7.05 Å². The Morgan fingerprint density at radius 3 is 2.78 bits per heavy atom. The third-order valence-electron chi connectivity index (χ3n) is 5.30. The molecule has 0 aliphatic carbocycles. The zero-order valence-corrected chi connectivity index (χ0v) is 16.8. The van der Waals surface area contributed by atoms with Crippen molar-refractivity contribution in [3.63, 3.8) is 0 Å². The molecule has 2 aromatic heterocycles. The van der Waals surface area contributed by atoms with Gasteiger partial charge in [-0.25, -0.2) is 15.0 Å². The average Bonchev–Trinajstić information content (AvgIpc) is 3.30. The number of nitrogens with one attached hydrogen (secondary N) is 2. The highest BCUT2D eigenvalue weighted by atomic mass is 16.2. The Kier molecular flexibility index (Phi) is 5.74. The molecule has 1 aliphatic heterocycles. The molecule has 0 aromatic carbocycles. The molecule has 8 heteroatoms. The number of aromatic nitrogens is 4. The van der Waals surface area contributed by atoms with Crippen LogP contribution in [0.15, 0.2) is 12.4 Å². The summed E-state index contributed by atoms with van der Waals surface area (Å²) in [5, 5.41) is 6.35. The lowest BCUT2D eigenvalue weighted by atomic mass is 10.1. The number of nitrogens with zero attached hydrogens (tertiary/aromatic N) is 5. The Hall–Kier alpha value is -2.48. The van der Waals surface area contributed by atoms with Gasteiger partial charge >= 0.3 is 0 Å². The molecule has 8 nitrogen and oxygen atoms in total. The number of imidazole rings is 1. The van der Waals surface area contributed by atoms with Crippen molar-refractivity contribution in [2.24, 2.45) is 7.05 Å². The molecule has 3 rings (SSSR count). The summed E-state index contributed by atoms with van der Waals surface area (Å²) in [6.45, 7) is 7.87. The van der Waals surface area contributed by atoms with E-state index >= 15 is 0 Å². The van der Waals surface area contributed by atoms with Crippen molar-refractivity contribution < 1.29 is 4.79 Å². The van der Waals surface area contributed by atoms with Gasteiger partial charge in [0.25, 0.3) is 5.91 Å². The van der Waals surface area contributed by atoms with Crippen molar-refractivity contribution in [1.82, 2.24) is 30.2 Å². The molecule has 0 saturated carbocycles. The van der Waals surface area contributed by atoms with Gasteiger partial charge in [0.05, 0.1) is 6.04 Å². The molecule has 0 bridgehead atoms. The Morgan fingerprint density at radius 2 is 2.15 bits per heavy atom. The highest BCUT2D eigenvalue weighted by Gasteiger charge is 2.28. The molecule has 1 aliphatic rings. The molecule has 2 aromatic rings. The number of anilines is 1. The fourth-order valence-electron chi connectivity index (χ4n) is 3.60. The molecule has 3 heterocycles. The number of rotatable bonds is 6. The van der Waals surface area contributed by atoms with E-state index in [1.54, 1.807) is 7.05 Å². The van der Waals surface area contributed by atoms with Crippen LogP contribution in [0.3, 0.4) is 0 Å². The molecule has 0 radical (unpaired) electrons. The average molecular weight is 371 g/mol. The second kappa shape index (κ2) is 8.04. The van der Waals surface area contributed by atoms with Crippen LogP contribution >= 0.6 is 0 Å². The van der Waals surface area contributed by atoms with Gasteiger partial charge in [0.1, 0.15) is 11.6 Å². The number of hydrogen-bond acceptors (Lipinski definition) is 6. The number of carbonyl (C=O) groups is 1. The van der Waals surface area contributed by atoms with Crippen molar-refractivity contribution in [2.75, 3.05) is 25.0 Å². The molecular weight excluding hydrogens is 342 g/mol. The highest BCUT2D eigenvalue weighted by molar-refractivity contribution is 5.90. The van der Waals surface area contributed by atoms with Gasteiger partial charge in [-0.15, -0.1) is 0 Å². The second-order valence-electron chi connectivity index (χ2n) is 7.12. The van der Waals surface area contributed by atoms with Crippen LogP contribution in [0.25, 0.3) is 0 Å². The third kappa shape index (κ3) is 3.95. The van der Waals surface area contributed by atoms with E-state index in [1.165, 1.54) is 0 Å². The Morgan fingerprint density at radius 1 is 1.37 bits per heavy atom. The largest absolute Gasteiger partial charge is 0.355 e.